The van der Waals surface area contributed by atoms with Crippen molar-refractivity contribution in [3.8, 4) is 0 Å². The standard InChI is InChI=1S/C35H41N7O3/c1-39(2)29-19-23-41(24-20-29)34(44)27-13-17-30(18-14-27)42-35(45)32(31(38-42)25-9-5-3-6-10-25)37-36-28-15-11-26(12-16-28)33(43)40-21-7-4-8-22-40/h3,5-6,9-18,29,32,36-37H,4,7-8,19-24H2,1-2H3. The molecule has 3 aliphatic heterocycles. The number of nitrogens with zero attached hydrogens (tertiary/aromatic N) is 5. The third kappa shape index (κ3) is 6.77. The van der Waals surface area contributed by atoms with Gasteiger partial charge in [0.2, 0.25) is 0 Å². The lowest BCUT2D eigenvalue weighted by Gasteiger charge is -2.35. The number of rotatable bonds is 8. The highest BCUT2D eigenvalue weighted by molar-refractivity contribution is 6.24. The summed E-state index contributed by atoms with van der Waals surface area (Å²) in [5.74, 6) is -0.189. The molecule has 10 nitrogen and oxygen atoms in total. The average Bonchev–Trinajstić information content (AvgIpc) is 3.43. The normalized spacial score (nSPS) is 19.2. The van der Waals surface area contributed by atoms with E-state index in [1.807, 2.05) is 64.4 Å². The Kier molecular flexibility index (Phi) is 9.23. The van der Waals surface area contributed by atoms with E-state index in [4.69, 9.17) is 5.10 Å². The number of carbonyl (C=O) groups excluding carboxylic acids is 3. The number of hydrogen-bond donors (Lipinski definition) is 2. The Bertz CT molecular complexity index is 1530. The largest absolute Gasteiger partial charge is 0.339 e. The van der Waals surface area contributed by atoms with Crippen LogP contribution in [0.5, 0.6) is 0 Å². The second-order valence-electron chi connectivity index (χ2n) is 12.2. The molecule has 1 atom stereocenters. The van der Waals surface area contributed by atoms with Crippen LogP contribution in [0.15, 0.2) is 84.0 Å². The third-order valence-electron chi connectivity index (χ3n) is 8.98. The number of hydrogen-bond acceptors (Lipinski definition) is 7. The lowest BCUT2D eigenvalue weighted by atomic mass is 10.0. The van der Waals surface area contributed by atoms with Gasteiger partial charge in [0, 0.05) is 54.6 Å². The first kappa shape index (κ1) is 30.5. The molecule has 2 fully saturated rings. The zero-order chi connectivity index (χ0) is 31.3. The lowest BCUT2D eigenvalue weighted by molar-refractivity contribution is -0.118. The predicted molar refractivity (Wildman–Crippen MR) is 176 cm³/mol. The monoisotopic (exact) mass is 607 g/mol. The van der Waals surface area contributed by atoms with Gasteiger partial charge in [0.05, 0.1) is 11.4 Å². The number of anilines is 2. The quantitative estimate of drug-likeness (QED) is 0.372. The number of piperidine rings is 2. The van der Waals surface area contributed by atoms with Crippen molar-refractivity contribution in [2.75, 3.05) is 50.7 Å². The molecule has 6 rings (SSSR count). The number of hydrazone groups is 1. The van der Waals surface area contributed by atoms with Crippen molar-refractivity contribution in [2.24, 2.45) is 5.10 Å². The molecule has 3 aromatic carbocycles. The summed E-state index contributed by atoms with van der Waals surface area (Å²) >= 11 is 0. The maximum atomic E-state index is 13.8. The molecule has 1 unspecified atom stereocenters. The van der Waals surface area contributed by atoms with Gasteiger partial charge in [-0.05, 0) is 94.7 Å². The SMILES string of the molecule is CN(C)C1CCN(C(=O)c2ccc(N3N=C(c4ccccc4)C(NNc4ccc(C(=O)N5CCCCC5)cc4)C3=O)cc2)CC1. The molecule has 0 radical (unpaired) electrons. The smallest absolute Gasteiger partial charge is 0.272 e. The number of carbonyl (C=O) groups is 3. The molecule has 0 bridgehead atoms. The van der Waals surface area contributed by atoms with Crippen LogP contribution in [0.1, 0.15) is 58.4 Å². The summed E-state index contributed by atoms with van der Waals surface area (Å²) in [7, 11) is 4.17. The van der Waals surface area contributed by atoms with Gasteiger partial charge in [-0.1, -0.05) is 30.3 Å². The van der Waals surface area contributed by atoms with Crippen molar-refractivity contribution in [3.05, 3.63) is 95.6 Å². The van der Waals surface area contributed by atoms with Gasteiger partial charge < -0.3 is 20.1 Å². The van der Waals surface area contributed by atoms with Crippen LogP contribution in [-0.4, -0.2) is 90.5 Å². The molecule has 0 aliphatic carbocycles. The summed E-state index contributed by atoms with van der Waals surface area (Å²) in [6.07, 6.45) is 5.18. The minimum atomic E-state index is -0.763. The van der Waals surface area contributed by atoms with Crippen LogP contribution < -0.4 is 15.9 Å². The van der Waals surface area contributed by atoms with E-state index in [1.165, 1.54) is 11.4 Å². The van der Waals surface area contributed by atoms with E-state index in [9.17, 15) is 14.4 Å². The number of benzene rings is 3. The zero-order valence-electron chi connectivity index (χ0n) is 26.0. The maximum absolute atomic E-state index is 13.8. The summed E-state index contributed by atoms with van der Waals surface area (Å²) in [5.41, 5.74) is 10.3. The molecule has 3 aliphatic rings. The van der Waals surface area contributed by atoms with Crippen molar-refractivity contribution in [3.63, 3.8) is 0 Å². The van der Waals surface area contributed by atoms with Crippen LogP contribution >= 0.6 is 0 Å². The summed E-state index contributed by atoms with van der Waals surface area (Å²) in [6, 6.07) is 23.7. The molecule has 0 spiro atoms. The topological polar surface area (TPSA) is 101 Å². The first-order valence-electron chi connectivity index (χ1n) is 15.8. The zero-order valence-corrected chi connectivity index (χ0v) is 26.0. The molecule has 0 aromatic heterocycles. The number of amides is 3. The highest BCUT2D eigenvalue weighted by Crippen LogP contribution is 2.25. The van der Waals surface area contributed by atoms with E-state index >= 15 is 0 Å². The van der Waals surface area contributed by atoms with E-state index in [0.29, 0.717) is 28.6 Å². The minimum Gasteiger partial charge on any atom is -0.339 e. The van der Waals surface area contributed by atoms with Crippen LogP contribution in [0, 0.1) is 0 Å². The molecular formula is C35H41N7O3. The fraction of sp³-hybridized carbons (Fsp3) is 0.371. The summed E-state index contributed by atoms with van der Waals surface area (Å²) in [5, 5.41) is 6.12. The minimum absolute atomic E-state index is 0.00682. The molecular weight excluding hydrogens is 566 g/mol. The fourth-order valence-electron chi connectivity index (χ4n) is 6.25. The summed E-state index contributed by atoms with van der Waals surface area (Å²) in [4.78, 5) is 45.9. The second-order valence-corrected chi connectivity index (χ2v) is 12.2. The highest BCUT2D eigenvalue weighted by Gasteiger charge is 2.37. The Hall–Kier alpha value is -4.54. The first-order chi connectivity index (χ1) is 21.9. The van der Waals surface area contributed by atoms with Crippen molar-refractivity contribution in [1.29, 1.82) is 0 Å². The van der Waals surface area contributed by atoms with Gasteiger partial charge >= 0.3 is 0 Å². The van der Waals surface area contributed by atoms with Crippen LogP contribution in [0.3, 0.4) is 0 Å². The molecule has 10 heteroatoms. The van der Waals surface area contributed by atoms with E-state index in [-0.39, 0.29) is 17.7 Å². The predicted octanol–water partition coefficient (Wildman–Crippen LogP) is 4.22. The van der Waals surface area contributed by atoms with Crippen LogP contribution in [0.25, 0.3) is 0 Å². The van der Waals surface area contributed by atoms with Crippen LogP contribution in [0.2, 0.25) is 0 Å². The molecule has 3 aromatic rings. The van der Waals surface area contributed by atoms with E-state index in [2.05, 4.69) is 29.8 Å². The molecule has 3 heterocycles. The number of likely N-dealkylation sites (tertiary alicyclic amines) is 2. The van der Waals surface area contributed by atoms with Crippen LogP contribution in [-0.2, 0) is 4.79 Å². The van der Waals surface area contributed by atoms with Gasteiger partial charge in [-0.2, -0.15) is 10.1 Å². The number of nitrogens with one attached hydrogen (secondary N) is 2. The van der Waals surface area contributed by atoms with Crippen molar-refractivity contribution < 1.29 is 14.4 Å². The molecule has 234 valence electrons. The number of hydrazine groups is 1. The van der Waals surface area contributed by atoms with Gasteiger partial charge in [0.1, 0.15) is 0 Å². The Morgan fingerprint density at radius 2 is 1.33 bits per heavy atom. The molecule has 3 amide bonds. The lowest BCUT2D eigenvalue weighted by Crippen LogP contribution is -2.46. The van der Waals surface area contributed by atoms with Gasteiger partial charge in [-0.3, -0.25) is 14.4 Å². The fourth-order valence-corrected chi connectivity index (χ4v) is 6.25. The molecule has 45 heavy (non-hydrogen) atoms. The third-order valence-corrected chi connectivity index (χ3v) is 8.98. The van der Waals surface area contributed by atoms with Crippen molar-refractivity contribution >= 4 is 34.8 Å². The van der Waals surface area contributed by atoms with Gasteiger partial charge in [-0.25, -0.2) is 5.43 Å². The van der Waals surface area contributed by atoms with E-state index < -0.39 is 6.04 Å². The van der Waals surface area contributed by atoms with Gasteiger partial charge in [0.15, 0.2) is 6.04 Å². The van der Waals surface area contributed by atoms with Gasteiger partial charge in [-0.15, -0.1) is 0 Å². The first-order valence-corrected chi connectivity index (χ1v) is 15.8. The summed E-state index contributed by atoms with van der Waals surface area (Å²) < 4.78 is 0. The summed E-state index contributed by atoms with van der Waals surface area (Å²) in [6.45, 7) is 3.07. The second kappa shape index (κ2) is 13.6. The Morgan fingerprint density at radius 3 is 1.93 bits per heavy atom. The highest BCUT2D eigenvalue weighted by atomic mass is 16.2. The van der Waals surface area contributed by atoms with Crippen LogP contribution in [0.4, 0.5) is 11.4 Å². The van der Waals surface area contributed by atoms with Crippen molar-refractivity contribution in [2.45, 2.75) is 44.2 Å². The van der Waals surface area contributed by atoms with E-state index in [0.717, 1.165) is 63.1 Å². The Balaban J connectivity index is 1.14. The molecule has 2 saturated heterocycles. The average molecular weight is 608 g/mol. The molecule has 2 N–H and O–H groups in total. The van der Waals surface area contributed by atoms with E-state index in [1.54, 1.807) is 24.3 Å². The Morgan fingerprint density at radius 1 is 0.756 bits per heavy atom. The van der Waals surface area contributed by atoms with Gasteiger partial charge in [0.25, 0.3) is 17.7 Å². The van der Waals surface area contributed by atoms with Crippen molar-refractivity contribution in [1.82, 2.24) is 20.1 Å². The Labute approximate surface area is 264 Å². The maximum Gasteiger partial charge on any atom is 0.272 e. The molecule has 0 saturated carbocycles.